The molecule has 0 heterocycles. The topological polar surface area (TPSA) is 47.6 Å². The Morgan fingerprint density at radius 3 is 2.48 bits per heavy atom. The summed E-state index contributed by atoms with van der Waals surface area (Å²) in [5.74, 6) is 2.04. The van der Waals surface area contributed by atoms with Crippen LogP contribution in [0.15, 0.2) is 24.3 Å². The molecular formula is C21H29NO3. The number of ether oxygens (including phenoxy) is 2. The molecule has 0 aliphatic heterocycles. The third-order valence-corrected chi connectivity index (χ3v) is 6.95. The number of hydrogen-bond acceptors (Lipinski definition) is 3. The van der Waals surface area contributed by atoms with Crippen LogP contribution < -0.4 is 14.8 Å². The molecule has 1 aromatic rings. The Balaban J connectivity index is 1.67. The third kappa shape index (κ3) is 2.92. The van der Waals surface area contributed by atoms with Crippen LogP contribution in [-0.2, 0) is 4.79 Å². The van der Waals surface area contributed by atoms with E-state index in [2.05, 4.69) is 26.1 Å². The molecule has 25 heavy (non-hydrogen) atoms. The number of hydrogen-bond donors (Lipinski definition) is 1. The summed E-state index contributed by atoms with van der Waals surface area (Å²) >= 11 is 0. The number of nitrogens with one attached hydrogen (secondary N) is 1. The second-order valence-electron chi connectivity index (χ2n) is 8.12. The molecule has 2 aliphatic rings. The molecule has 0 aromatic heterocycles. The average molecular weight is 343 g/mol. The van der Waals surface area contributed by atoms with E-state index in [1.54, 1.807) is 20.3 Å². The average Bonchev–Trinajstić information content (AvgIpc) is 2.93. The highest BCUT2D eigenvalue weighted by molar-refractivity contribution is 5.92. The Bertz CT molecular complexity index is 694. The van der Waals surface area contributed by atoms with Crippen molar-refractivity contribution < 1.29 is 14.3 Å². The van der Waals surface area contributed by atoms with Crippen molar-refractivity contribution in [2.75, 3.05) is 14.2 Å². The standard InChI is InChI=1S/C21H29NO3/c1-20(2)15-10-11-21(20,3)18(13-15)22-19(23)9-7-14-6-8-16(24-4)17(12-14)25-5/h6-9,12,15,18H,10-11,13H2,1-5H3,(H,22,23)/b9-7+. The van der Waals surface area contributed by atoms with E-state index in [4.69, 9.17) is 9.47 Å². The summed E-state index contributed by atoms with van der Waals surface area (Å²) in [6.07, 6.45) is 7.02. The van der Waals surface area contributed by atoms with Gasteiger partial charge in [-0.25, -0.2) is 0 Å². The highest BCUT2D eigenvalue weighted by Gasteiger charge is 2.61. The van der Waals surface area contributed by atoms with Crippen molar-refractivity contribution in [3.63, 3.8) is 0 Å². The number of carbonyl (C=O) groups excluding carboxylic acids is 1. The van der Waals surface area contributed by atoms with Crippen LogP contribution in [0.25, 0.3) is 6.08 Å². The largest absolute Gasteiger partial charge is 0.493 e. The lowest BCUT2D eigenvalue weighted by molar-refractivity contribution is -0.118. The predicted octanol–water partition coefficient (Wildman–Crippen LogP) is 4.05. The maximum atomic E-state index is 12.4. The van der Waals surface area contributed by atoms with E-state index in [9.17, 15) is 4.79 Å². The van der Waals surface area contributed by atoms with Crippen LogP contribution in [0.5, 0.6) is 11.5 Å². The molecule has 3 unspecified atom stereocenters. The maximum Gasteiger partial charge on any atom is 0.244 e. The van der Waals surface area contributed by atoms with E-state index in [0.29, 0.717) is 16.9 Å². The number of fused-ring (bicyclic) bond motifs is 2. The van der Waals surface area contributed by atoms with Crippen LogP contribution in [0.4, 0.5) is 0 Å². The van der Waals surface area contributed by atoms with Gasteiger partial charge in [0.2, 0.25) is 5.91 Å². The van der Waals surface area contributed by atoms with Gasteiger partial charge < -0.3 is 14.8 Å². The van der Waals surface area contributed by atoms with Gasteiger partial charge in [-0.15, -0.1) is 0 Å². The highest BCUT2D eigenvalue weighted by Crippen LogP contribution is 2.65. The maximum absolute atomic E-state index is 12.4. The summed E-state index contributed by atoms with van der Waals surface area (Å²) in [7, 11) is 3.22. The molecule has 136 valence electrons. The molecule has 4 nitrogen and oxygen atoms in total. The van der Waals surface area contributed by atoms with Gasteiger partial charge >= 0.3 is 0 Å². The second-order valence-corrected chi connectivity index (χ2v) is 8.12. The van der Waals surface area contributed by atoms with Gasteiger partial charge in [-0.1, -0.05) is 26.8 Å². The first kappa shape index (κ1) is 17.8. The van der Waals surface area contributed by atoms with Crippen molar-refractivity contribution >= 4 is 12.0 Å². The van der Waals surface area contributed by atoms with E-state index >= 15 is 0 Å². The van der Waals surface area contributed by atoms with Gasteiger partial charge in [-0.2, -0.15) is 0 Å². The molecule has 1 aromatic carbocycles. The zero-order chi connectivity index (χ0) is 18.2. The molecule has 2 saturated carbocycles. The Labute approximate surface area is 150 Å². The zero-order valence-corrected chi connectivity index (χ0v) is 15.9. The van der Waals surface area contributed by atoms with Crippen molar-refractivity contribution in [2.45, 2.75) is 46.1 Å². The zero-order valence-electron chi connectivity index (χ0n) is 15.9. The molecule has 2 fully saturated rings. The first-order valence-corrected chi connectivity index (χ1v) is 9.02. The summed E-state index contributed by atoms with van der Waals surface area (Å²) in [4.78, 5) is 12.4. The minimum absolute atomic E-state index is 0.0237. The molecule has 1 amide bonds. The lowest BCUT2D eigenvalue weighted by Gasteiger charge is -2.39. The van der Waals surface area contributed by atoms with Crippen molar-refractivity contribution in [1.82, 2.24) is 5.32 Å². The number of benzene rings is 1. The number of rotatable bonds is 5. The van der Waals surface area contributed by atoms with Gasteiger partial charge in [0.05, 0.1) is 14.2 Å². The van der Waals surface area contributed by atoms with Gasteiger partial charge in [-0.3, -0.25) is 4.79 Å². The number of carbonyl (C=O) groups is 1. The van der Waals surface area contributed by atoms with Gasteiger partial charge in [0.15, 0.2) is 11.5 Å². The van der Waals surface area contributed by atoms with Crippen LogP contribution in [0.2, 0.25) is 0 Å². The van der Waals surface area contributed by atoms with E-state index in [1.807, 2.05) is 24.3 Å². The quantitative estimate of drug-likeness (QED) is 0.821. The third-order valence-electron chi connectivity index (χ3n) is 6.95. The summed E-state index contributed by atoms with van der Waals surface area (Å²) in [5, 5.41) is 3.25. The van der Waals surface area contributed by atoms with Gasteiger partial charge in [0, 0.05) is 12.1 Å². The molecule has 0 radical (unpaired) electrons. The Morgan fingerprint density at radius 2 is 1.92 bits per heavy atom. The molecule has 4 heteroatoms. The Hall–Kier alpha value is -1.97. The van der Waals surface area contributed by atoms with E-state index in [-0.39, 0.29) is 17.4 Å². The van der Waals surface area contributed by atoms with Crippen molar-refractivity contribution in [3.05, 3.63) is 29.8 Å². The molecule has 0 saturated heterocycles. The smallest absolute Gasteiger partial charge is 0.244 e. The lowest BCUT2D eigenvalue weighted by Crippen LogP contribution is -2.46. The van der Waals surface area contributed by atoms with Gasteiger partial charge in [0.25, 0.3) is 0 Å². The first-order chi connectivity index (χ1) is 11.8. The van der Waals surface area contributed by atoms with Crippen LogP contribution in [0.1, 0.15) is 45.6 Å². The molecule has 3 rings (SSSR count). The number of methoxy groups -OCH3 is 2. The normalized spacial score (nSPS) is 29.8. The van der Waals surface area contributed by atoms with E-state index in [1.165, 1.54) is 12.8 Å². The molecule has 2 bridgehead atoms. The summed E-state index contributed by atoms with van der Waals surface area (Å²) in [6, 6.07) is 5.89. The van der Waals surface area contributed by atoms with Crippen molar-refractivity contribution in [2.24, 2.45) is 16.7 Å². The second kappa shape index (κ2) is 6.40. The minimum atomic E-state index is -0.0237. The fourth-order valence-corrected chi connectivity index (χ4v) is 4.77. The Kier molecular flexibility index (Phi) is 4.56. The SMILES string of the molecule is COc1ccc(/C=C/C(=O)NC2CC3CCC2(C)C3(C)C)cc1OC. The monoisotopic (exact) mass is 343 g/mol. The van der Waals surface area contributed by atoms with Gasteiger partial charge in [-0.05, 0) is 59.8 Å². The summed E-state index contributed by atoms with van der Waals surface area (Å²) in [5.41, 5.74) is 1.41. The highest BCUT2D eigenvalue weighted by atomic mass is 16.5. The van der Waals surface area contributed by atoms with Crippen LogP contribution in [-0.4, -0.2) is 26.2 Å². The molecule has 0 spiro atoms. The fraction of sp³-hybridized carbons (Fsp3) is 0.571. The predicted molar refractivity (Wildman–Crippen MR) is 99.7 cm³/mol. The van der Waals surface area contributed by atoms with Crippen molar-refractivity contribution in [1.29, 1.82) is 0 Å². The first-order valence-electron chi connectivity index (χ1n) is 9.02. The van der Waals surface area contributed by atoms with Crippen LogP contribution >= 0.6 is 0 Å². The van der Waals surface area contributed by atoms with Crippen molar-refractivity contribution in [3.8, 4) is 11.5 Å². The molecule has 2 aliphatic carbocycles. The summed E-state index contributed by atoms with van der Waals surface area (Å²) < 4.78 is 10.5. The Morgan fingerprint density at radius 1 is 1.20 bits per heavy atom. The summed E-state index contributed by atoms with van der Waals surface area (Å²) in [6.45, 7) is 7.05. The molecule has 1 N–H and O–H groups in total. The van der Waals surface area contributed by atoms with Crippen LogP contribution in [0, 0.1) is 16.7 Å². The fourth-order valence-electron chi connectivity index (χ4n) is 4.77. The lowest BCUT2D eigenvalue weighted by atomic mass is 9.69. The van der Waals surface area contributed by atoms with Crippen LogP contribution in [0.3, 0.4) is 0 Å². The molecular weight excluding hydrogens is 314 g/mol. The minimum Gasteiger partial charge on any atom is -0.493 e. The van der Waals surface area contributed by atoms with E-state index in [0.717, 1.165) is 17.9 Å². The molecule has 3 atom stereocenters. The van der Waals surface area contributed by atoms with E-state index < -0.39 is 0 Å². The van der Waals surface area contributed by atoms with Gasteiger partial charge in [0.1, 0.15) is 0 Å². The number of amides is 1.